The highest BCUT2D eigenvalue weighted by Crippen LogP contribution is 1.94. The van der Waals surface area contributed by atoms with Crippen molar-refractivity contribution in [2.45, 2.75) is 26.0 Å². The number of nitrogens with zero attached hydrogens (tertiary/aromatic N) is 1. The zero-order valence-corrected chi connectivity index (χ0v) is 8.35. The molecule has 0 saturated carbocycles. The zero-order valence-electron chi connectivity index (χ0n) is 8.35. The van der Waals surface area contributed by atoms with Gasteiger partial charge in [-0.25, -0.2) is 0 Å². The van der Waals surface area contributed by atoms with Crippen LogP contribution in [0.25, 0.3) is 0 Å². The Balaban J connectivity index is 3.71. The smallest absolute Gasteiger partial charge is 0.322 e. The van der Waals surface area contributed by atoms with Crippen molar-refractivity contribution in [1.82, 2.24) is 5.32 Å². The fourth-order valence-electron chi connectivity index (χ4n) is 0.620. The molecule has 0 aliphatic heterocycles. The zero-order chi connectivity index (χ0) is 11.1. The van der Waals surface area contributed by atoms with E-state index in [-0.39, 0.29) is 6.61 Å². The van der Waals surface area contributed by atoms with Crippen LogP contribution in [0.3, 0.4) is 0 Å². The van der Waals surface area contributed by atoms with Crippen LogP contribution in [0.1, 0.15) is 13.8 Å². The quantitative estimate of drug-likeness (QED) is 0.365. The van der Waals surface area contributed by atoms with Gasteiger partial charge in [-0.1, -0.05) is 0 Å². The van der Waals surface area contributed by atoms with Gasteiger partial charge in [0, 0.05) is 0 Å². The van der Waals surface area contributed by atoms with Gasteiger partial charge in [-0.3, -0.25) is 4.79 Å². The maximum atomic E-state index is 11.1. The monoisotopic (exact) mass is 206 g/mol. The molecule has 7 heteroatoms. The van der Waals surface area contributed by atoms with Crippen molar-refractivity contribution in [1.29, 1.82) is 0 Å². The Labute approximate surface area is 81.5 Å². The van der Waals surface area contributed by atoms with Crippen LogP contribution in [0.4, 0.5) is 0 Å². The number of rotatable bonds is 6. The van der Waals surface area contributed by atoms with Crippen molar-refractivity contribution in [3.8, 4) is 0 Å². The van der Waals surface area contributed by atoms with E-state index in [1.807, 2.05) is 0 Å². The summed E-state index contributed by atoms with van der Waals surface area (Å²) in [4.78, 5) is 25.1. The maximum absolute atomic E-state index is 11.1. The molecule has 0 bridgehead atoms. The second-order valence-electron chi connectivity index (χ2n) is 2.78. The van der Waals surface area contributed by atoms with Crippen LogP contribution in [0.5, 0.6) is 0 Å². The third kappa shape index (κ3) is 5.31. The van der Waals surface area contributed by atoms with Gasteiger partial charge in [-0.05, 0) is 20.9 Å². The number of ether oxygens (including phenoxy) is 1. The number of nitrogens with one attached hydrogen (secondary N) is 1. The summed E-state index contributed by atoms with van der Waals surface area (Å²) in [5, 5.41) is 11.6. The molecule has 7 nitrogen and oxygen atoms in total. The summed E-state index contributed by atoms with van der Waals surface area (Å²) in [5.41, 5.74) is 0. The van der Waals surface area contributed by atoms with Crippen LogP contribution in [0.15, 0.2) is 0 Å². The molecular formula is C7H14N2O5. The Hall–Kier alpha value is -1.37. The molecule has 0 radical (unpaired) electrons. The molecule has 0 saturated heterocycles. The first-order valence-electron chi connectivity index (χ1n) is 4.12. The molecule has 0 aromatic carbocycles. The molecule has 0 amide bonds. The number of esters is 1. The van der Waals surface area contributed by atoms with Crippen molar-refractivity contribution in [2.75, 3.05) is 13.7 Å². The van der Waals surface area contributed by atoms with Crippen molar-refractivity contribution in [3.63, 3.8) is 0 Å². The standard InChI is InChI=1S/C7H14N2O5/c1-5(14-9(11)12)4-13-7(10)6(2)8-3/h5-6,8H,4H2,1-3H3. The summed E-state index contributed by atoms with van der Waals surface area (Å²) in [6, 6.07) is -0.433. The number of carbonyl (C=O) groups excluding carboxylic acids is 1. The fourth-order valence-corrected chi connectivity index (χ4v) is 0.620. The molecule has 0 spiro atoms. The van der Waals surface area contributed by atoms with E-state index in [1.54, 1.807) is 14.0 Å². The molecule has 82 valence electrons. The molecular weight excluding hydrogens is 192 g/mol. The van der Waals surface area contributed by atoms with E-state index >= 15 is 0 Å². The van der Waals surface area contributed by atoms with Gasteiger partial charge in [0.05, 0.1) is 0 Å². The van der Waals surface area contributed by atoms with Gasteiger partial charge >= 0.3 is 5.97 Å². The molecule has 0 aromatic heterocycles. The second kappa shape index (κ2) is 6.14. The number of carbonyl (C=O) groups is 1. The van der Waals surface area contributed by atoms with E-state index in [0.29, 0.717) is 0 Å². The Bertz CT molecular complexity index is 208. The minimum Gasteiger partial charge on any atom is -0.462 e. The lowest BCUT2D eigenvalue weighted by Gasteiger charge is -2.13. The summed E-state index contributed by atoms with van der Waals surface area (Å²) in [5.74, 6) is -0.466. The molecule has 0 aromatic rings. The lowest BCUT2D eigenvalue weighted by atomic mass is 10.3. The Morgan fingerprint density at radius 3 is 2.57 bits per heavy atom. The highest BCUT2D eigenvalue weighted by molar-refractivity contribution is 5.75. The molecule has 0 rings (SSSR count). The Kier molecular flexibility index (Phi) is 5.54. The van der Waals surface area contributed by atoms with Gasteiger partial charge in [-0.2, -0.15) is 0 Å². The first-order chi connectivity index (χ1) is 6.47. The summed E-state index contributed by atoms with van der Waals surface area (Å²) in [7, 11) is 1.61. The molecule has 2 atom stereocenters. The largest absolute Gasteiger partial charge is 0.462 e. The average Bonchev–Trinajstić information content (AvgIpc) is 2.11. The highest BCUT2D eigenvalue weighted by Gasteiger charge is 2.14. The SMILES string of the molecule is CNC(C)C(=O)OCC(C)O[N+](=O)[O-]. The number of hydrogen-bond acceptors (Lipinski definition) is 6. The fraction of sp³-hybridized carbons (Fsp3) is 0.857. The molecule has 0 aliphatic carbocycles. The highest BCUT2D eigenvalue weighted by atomic mass is 17.0. The lowest BCUT2D eigenvalue weighted by molar-refractivity contribution is -0.767. The second-order valence-corrected chi connectivity index (χ2v) is 2.78. The van der Waals surface area contributed by atoms with E-state index < -0.39 is 23.2 Å². The first-order valence-corrected chi connectivity index (χ1v) is 4.12. The lowest BCUT2D eigenvalue weighted by Crippen LogP contribution is -2.34. The van der Waals surface area contributed by atoms with E-state index in [1.165, 1.54) is 6.92 Å². The summed E-state index contributed by atoms with van der Waals surface area (Å²) in [6.45, 7) is 2.94. The van der Waals surface area contributed by atoms with Gasteiger partial charge in [0.2, 0.25) is 0 Å². The molecule has 1 N–H and O–H groups in total. The maximum Gasteiger partial charge on any atom is 0.322 e. The van der Waals surface area contributed by atoms with Crippen LogP contribution >= 0.6 is 0 Å². The van der Waals surface area contributed by atoms with Gasteiger partial charge in [0.25, 0.3) is 5.09 Å². The third-order valence-electron chi connectivity index (χ3n) is 1.51. The minimum absolute atomic E-state index is 0.133. The first kappa shape index (κ1) is 12.6. The number of hydrogen-bond donors (Lipinski definition) is 1. The van der Waals surface area contributed by atoms with Crippen molar-refractivity contribution in [2.24, 2.45) is 0 Å². The normalized spacial score (nSPS) is 14.2. The van der Waals surface area contributed by atoms with Gasteiger partial charge < -0.3 is 14.9 Å². The van der Waals surface area contributed by atoms with E-state index in [4.69, 9.17) is 4.74 Å². The van der Waals surface area contributed by atoms with Crippen LogP contribution in [0.2, 0.25) is 0 Å². The number of likely N-dealkylation sites (N-methyl/N-ethyl adjacent to an activating group) is 1. The van der Waals surface area contributed by atoms with E-state index in [9.17, 15) is 14.9 Å². The van der Waals surface area contributed by atoms with Gasteiger partial charge in [-0.15, -0.1) is 10.1 Å². The van der Waals surface area contributed by atoms with Crippen LogP contribution < -0.4 is 5.32 Å². The van der Waals surface area contributed by atoms with Crippen LogP contribution in [-0.2, 0) is 14.4 Å². The molecule has 0 fully saturated rings. The van der Waals surface area contributed by atoms with Gasteiger partial charge in [0.1, 0.15) is 18.8 Å². The predicted octanol–water partition coefficient (Wildman–Crippen LogP) is -0.266. The summed E-state index contributed by atoms with van der Waals surface area (Å²) < 4.78 is 4.73. The summed E-state index contributed by atoms with van der Waals surface area (Å²) >= 11 is 0. The van der Waals surface area contributed by atoms with E-state index in [0.717, 1.165) is 0 Å². The summed E-state index contributed by atoms with van der Waals surface area (Å²) in [6.07, 6.45) is -0.752. The molecule has 0 heterocycles. The average molecular weight is 206 g/mol. The topological polar surface area (TPSA) is 90.7 Å². The molecule has 2 unspecified atom stereocenters. The Morgan fingerprint density at radius 2 is 2.14 bits per heavy atom. The minimum atomic E-state index is -0.917. The molecule has 14 heavy (non-hydrogen) atoms. The third-order valence-corrected chi connectivity index (χ3v) is 1.51. The van der Waals surface area contributed by atoms with Crippen LogP contribution in [0, 0.1) is 10.1 Å². The molecule has 0 aliphatic rings. The van der Waals surface area contributed by atoms with Crippen molar-refractivity contribution < 1.29 is 19.5 Å². The predicted molar refractivity (Wildman–Crippen MR) is 47.0 cm³/mol. The van der Waals surface area contributed by atoms with Crippen molar-refractivity contribution >= 4 is 5.97 Å². The van der Waals surface area contributed by atoms with Gasteiger partial charge in [0.15, 0.2) is 0 Å². The van der Waals surface area contributed by atoms with Crippen LogP contribution in [-0.4, -0.2) is 36.9 Å². The Morgan fingerprint density at radius 1 is 1.57 bits per heavy atom. The van der Waals surface area contributed by atoms with E-state index in [2.05, 4.69) is 10.2 Å². The van der Waals surface area contributed by atoms with Crippen molar-refractivity contribution in [3.05, 3.63) is 10.1 Å².